The topological polar surface area (TPSA) is 92.4 Å². The molecule has 1 aromatic carbocycles. The van der Waals surface area contributed by atoms with Gasteiger partial charge in [0.15, 0.2) is 5.82 Å². The van der Waals surface area contributed by atoms with Gasteiger partial charge in [-0.1, -0.05) is 37.9 Å². The van der Waals surface area contributed by atoms with E-state index in [1.54, 1.807) is 0 Å². The van der Waals surface area contributed by atoms with Crippen LogP contribution in [0.2, 0.25) is 0 Å². The molecule has 0 aliphatic carbocycles. The zero-order chi connectivity index (χ0) is 32.0. The fourth-order valence-electron chi connectivity index (χ4n) is 7.90. The van der Waals surface area contributed by atoms with Gasteiger partial charge in [-0.25, -0.2) is 9.37 Å². The van der Waals surface area contributed by atoms with E-state index in [2.05, 4.69) is 55.8 Å². The number of ether oxygens (including phenoxy) is 1. The minimum atomic E-state index is -0.445. The van der Waals surface area contributed by atoms with Crippen LogP contribution < -0.4 is 26.2 Å². The molecule has 0 spiro atoms. The Balaban J connectivity index is 1.53. The van der Waals surface area contributed by atoms with E-state index >= 15 is 4.39 Å². The molecular weight excluding hydrogens is 564 g/mol. The van der Waals surface area contributed by atoms with Gasteiger partial charge in [0.05, 0.1) is 11.1 Å². The number of nitrogen functional groups attached to an aromatic ring is 1. The molecule has 3 N–H and O–H groups in total. The van der Waals surface area contributed by atoms with Crippen LogP contribution >= 0.6 is 0 Å². The van der Waals surface area contributed by atoms with Crippen LogP contribution in [0.1, 0.15) is 77.1 Å². The van der Waals surface area contributed by atoms with E-state index in [-0.39, 0.29) is 23.5 Å². The quantitative estimate of drug-likeness (QED) is 0.285. The maximum Gasteiger partial charge on any atom is 0.319 e. The number of hydrogen-bond acceptors (Lipinski definition) is 8. The van der Waals surface area contributed by atoms with Crippen LogP contribution in [-0.4, -0.2) is 78.6 Å². The number of piperazine rings is 1. The van der Waals surface area contributed by atoms with E-state index < -0.39 is 5.82 Å². The smallest absolute Gasteiger partial charge is 0.319 e. The minimum Gasteiger partial charge on any atom is -0.462 e. The lowest BCUT2D eigenvalue weighted by Crippen LogP contribution is -2.54. The number of pyridine rings is 1. The minimum absolute atomic E-state index is 0.211. The highest BCUT2D eigenvalue weighted by Gasteiger charge is 2.37. The molecule has 3 unspecified atom stereocenters. The van der Waals surface area contributed by atoms with Gasteiger partial charge in [-0.3, -0.25) is 4.90 Å². The molecule has 6 rings (SSSR count). The molecule has 0 saturated carbocycles. The molecule has 0 bridgehead atoms. The van der Waals surface area contributed by atoms with Gasteiger partial charge in [0.2, 0.25) is 0 Å². The molecule has 4 atom stereocenters. The molecule has 8 nitrogen and oxygen atoms in total. The number of nitrogens with two attached hydrogens (primary N) is 1. The summed E-state index contributed by atoms with van der Waals surface area (Å²) in [5.74, 6) is 0.574. The Morgan fingerprint density at radius 3 is 2.71 bits per heavy atom. The number of nitrogens with one attached hydrogen (secondary N) is 1. The number of nitrogens with zero attached hydrogens (tertiary/aromatic N) is 5. The predicted octanol–water partition coefficient (Wildman–Crippen LogP) is 4.41. The highest BCUT2D eigenvalue weighted by Crippen LogP contribution is 2.41. The summed E-state index contributed by atoms with van der Waals surface area (Å²) in [4.78, 5) is 19.9. The first-order valence-corrected chi connectivity index (χ1v) is 16.9. The summed E-state index contributed by atoms with van der Waals surface area (Å²) in [7, 11) is 1.96. The van der Waals surface area contributed by atoms with Crippen LogP contribution in [0, 0.1) is 18.7 Å². The lowest BCUT2D eigenvalue weighted by atomic mass is 9.81. The van der Waals surface area contributed by atoms with E-state index in [9.17, 15) is 0 Å². The van der Waals surface area contributed by atoms with Crippen molar-refractivity contribution in [3.63, 3.8) is 0 Å². The molecule has 2 aromatic heterocycles. The average molecular weight is 614 g/mol. The summed E-state index contributed by atoms with van der Waals surface area (Å²) in [5.41, 5.74) is 13.1. The molecule has 0 amide bonds. The molecule has 0 radical (unpaired) electrons. The van der Waals surface area contributed by atoms with Gasteiger partial charge in [0.1, 0.15) is 31.5 Å². The second-order valence-electron chi connectivity index (χ2n) is 13.7. The van der Waals surface area contributed by atoms with Crippen molar-refractivity contribution >= 4 is 41.8 Å². The van der Waals surface area contributed by atoms with Crippen LogP contribution in [0.3, 0.4) is 0 Å². The van der Waals surface area contributed by atoms with E-state index in [1.807, 2.05) is 20.8 Å². The van der Waals surface area contributed by atoms with Crippen LogP contribution in [-0.2, 0) is 6.42 Å². The van der Waals surface area contributed by atoms with Gasteiger partial charge in [-0.2, -0.15) is 9.97 Å². The third kappa shape index (κ3) is 5.80. The number of likely N-dealkylation sites (tertiary alicyclic amines) is 1. The van der Waals surface area contributed by atoms with Crippen molar-refractivity contribution in [3.8, 4) is 17.3 Å². The van der Waals surface area contributed by atoms with Crippen LogP contribution in [0.4, 0.5) is 15.9 Å². The molecule has 45 heavy (non-hydrogen) atoms. The van der Waals surface area contributed by atoms with Gasteiger partial charge < -0.3 is 20.7 Å². The molecule has 240 valence electrons. The van der Waals surface area contributed by atoms with E-state index in [0.29, 0.717) is 41.9 Å². The zero-order valence-corrected chi connectivity index (χ0v) is 28.1. The number of aromatic nitrogens is 3. The van der Waals surface area contributed by atoms with Crippen molar-refractivity contribution in [1.82, 2.24) is 25.2 Å². The SMILES string of the molecule is Bc1c(N)cc(C)c(C=C(C)C)c1-c1nc2c3c(nc(OC[C@@H]4CCC(CC)N4CCC)nc3c1F)N1CCNCC1C(C)C2. The molecule has 2 fully saturated rings. The van der Waals surface area contributed by atoms with E-state index in [0.717, 1.165) is 84.7 Å². The Morgan fingerprint density at radius 1 is 1.20 bits per heavy atom. The maximum atomic E-state index is 17.2. The fourth-order valence-corrected chi connectivity index (χ4v) is 7.90. The summed E-state index contributed by atoms with van der Waals surface area (Å²) >= 11 is 0. The normalized spacial score (nSPS) is 23.2. The first-order chi connectivity index (χ1) is 21.6. The number of halogens is 1. The Kier molecular flexibility index (Phi) is 9.08. The third-order valence-electron chi connectivity index (χ3n) is 10.2. The van der Waals surface area contributed by atoms with Gasteiger partial charge in [0, 0.05) is 49.0 Å². The summed E-state index contributed by atoms with van der Waals surface area (Å²) in [5, 5.41) is 4.27. The summed E-state index contributed by atoms with van der Waals surface area (Å²) < 4.78 is 23.6. The van der Waals surface area contributed by atoms with Gasteiger partial charge in [0.25, 0.3) is 0 Å². The standard InChI is InChI=1S/C35H49BFN7O/c1-7-12-43-22(8-2)9-10-23(43)18-45-35-41-33-29-26(16-21(6)27-17-39-11-13-44(27)34(29)42-35)40-32(31(33)37)28-24(14-19(3)4)20(5)15-25(38)30(28)36/h14-15,21-23,27,39H,7-13,16-18,36,38H2,1-6H3/t21?,22?,23-,27?/m0/s1. The number of allylic oxidation sites excluding steroid dienone is 1. The number of benzene rings is 1. The van der Waals surface area contributed by atoms with Crippen molar-refractivity contribution in [2.75, 3.05) is 43.4 Å². The maximum absolute atomic E-state index is 17.2. The first-order valence-electron chi connectivity index (χ1n) is 16.9. The molecule has 2 saturated heterocycles. The molecule has 3 aliphatic heterocycles. The van der Waals surface area contributed by atoms with Gasteiger partial charge in [-0.05, 0) is 82.5 Å². The van der Waals surface area contributed by atoms with Crippen molar-refractivity contribution in [3.05, 3.63) is 34.3 Å². The monoisotopic (exact) mass is 613 g/mol. The third-order valence-corrected chi connectivity index (χ3v) is 10.2. The number of fused-ring (bicyclic) bond motifs is 2. The average Bonchev–Trinajstić information content (AvgIpc) is 3.36. The van der Waals surface area contributed by atoms with Crippen molar-refractivity contribution in [2.24, 2.45) is 5.92 Å². The number of rotatable bonds is 8. The summed E-state index contributed by atoms with van der Waals surface area (Å²) in [6.45, 7) is 16.9. The molecule has 3 aromatic rings. The second kappa shape index (κ2) is 12.9. The van der Waals surface area contributed by atoms with E-state index in [1.165, 1.54) is 6.42 Å². The summed E-state index contributed by atoms with van der Waals surface area (Å²) in [6.07, 6.45) is 7.30. The molecule has 10 heteroatoms. The predicted molar refractivity (Wildman–Crippen MR) is 186 cm³/mol. The van der Waals surface area contributed by atoms with Crippen LogP contribution in [0.25, 0.3) is 28.2 Å². The lowest BCUT2D eigenvalue weighted by Gasteiger charge is -2.39. The van der Waals surface area contributed by atoms with Crippen LogP contribution in [0.15, 0.2) is 11.6 Å². The number of anilines is 2. The number of hydrogen-bond donors (Lipinski definition) is 2. The molecule has 3 aliphatic rings. The zero-order valence-electron chi connectivity index (χ0n) is 28.1. The van der Waals surface area contributed by atoms with Gasteiger partial charge in [-0.15, -0.1) is 0 Å². The Morgan fingerprint density at radius 2 is 1.98 bits per heavy atom. The highest BCUT2D eigenvalue weighted by atomic mass is 19.1. The van der Waals surface area contributed by atoms with Crippen molar-refractivity contribution < 1.29 is 9.13 Å². The van der Waals surface area contributed by atoms with E-state index in [4.69, 9.17) is 25.4 Å². The Bertz CT molecular complexity index is 1620. The number of aryl methyl sites for hydroxylation is 1. The second-order valence-corrected chi connectivity index (χ2v) is 13.7. The van der Waals surface area contributed by atoms with Crippen molar-refractivity contribution in [1.29, 1.82) is 0 Å². The molecular formula is C35H49BFN7O. The Hall–Kier alpha value is -3.24. The Labute approximate surface area is 268 Å². The lowest BCUT2D eigenvalue weighted by molar-refractivity contribution is 0.132. The fraction of sp³-hybridized carbons (Fsp3) is 0.571. The van der Waals surface area contributed by atoms with Crippen LogP contribution in [0.5, 0.6) is 6.01 Å². The highest BCUT2D eigenvalue weighted by molar-refractivity contribution is 6.40. The summed E-state index contributed by atoms with van der Waals surface area (Å²) in [6, 6.07) is 3.31. The largest absolute Gasteiger partial charge is 0.462 e. The van der Waals surface area contributed by atoms with Gasteiger partial charge >= 0.3 is 6.01 Å². The first kappa shape index (κ1) is 31.7. The molecule has 5 heterocycles. The van der Waals surface area contributed by atoms with Crippen molar-refractivity contribution in [2.45, 2.75) is 91.8 Å².